The number of hydrogen-bond acceptors (Lipinski definition) is 4. The van der Waals surface area contributed by atoms with Crippen LogP contribution in [0.5, 0.6) is 0 Å². The smallest absolute Gasteiger partial charge is 0.243 e. The third-order valence-corrected chi connectivity index (χ3v) is 6.75. The molecular formula is C19H26N4O3S. The minimum absolute atomic E-state index is 0.159. The quantitative estimate of drug-likeness (QED) is 0.850. The number of piperidine rings is 1. The molecule has 146 valence electrons. The third-order valence-electron chi connectivity index (χ3n) is 4.87. The fraction of sp³-hybridized carbons (Fsp3) is 0.474. The van der Waals surface area contributed by atoms with Crippen molar-refractivity contribution in [1.29, 1.82) is 0 Å². The predicted octanol–water partition coefficient (Wildman–Crippen LogP) is 2.56. The average molecular weight is 391 g/mol. The number of benzene rings is 1. The number of aromatic nitrogens is 2. The SMILES string of the molecule is CCn1nc(C)cc1NC(=O)C1CCCN(S(=O)(=O)c2ccc(C)cc2)C1. The van der Waals surface area contributed by atoms with Gasteiger partial charge in [0.05, 0.1) is 16.5 Å². The van der Waals surface area contributed by atoms with E-state index in [4.69, 9.17) is 0 Å². The Kier molecular flexibility index (Phi) is 5.67. The normalized spacial score (nSPS) is 18.4. The van der Waals surface area contributed by atoms with E-state index in [1.54, 1.807) is 28.9 Å². The van der Waals surface area contributed by atoms with Gasteiger partial charge >= 0.3 is 0 Å². The molecular weight excluding hydrogens is 364 g/mol. The summed E-state index contributed by atoms with van der Waals surface area (Å²) >= 11 is 0. The Balaban J connectivity index is 1.73. The lowest BCUT2D eigenvalue weighted by Crippen LogP contribution is -2.43. The molecule has 1 unspecified atom stereocenters. The maximum atomic E-state index is 12.9. The van der Waals surface area contributed by atoms with Crippen LogP contribution in [0.25, 0.3) is 0 Å². The van der Waals surface area contributed by atoms with Gasteiger partial charge < -0.3 is 5.32 Å². The van der Waals surface area contributed by atoms with E-state index in [2.05, 4.69) is 10.4 Å². The van der Waals surface area contributed by atoms with Crippen LogP contribution >= 0.6 is 0 Å². The highest BCUT2D eigenvalue weighted by Gasteiger charge is 2.33. The molecule has 7 nitrogen and oxygen atoms in total. The molecule has 3 rings (SSSR count). The fourth-order valence-electron chi connectivity index (χ4n) is 3.35. The molecule has 1 fully saturated rings. The van der Waals surface area contributed by atoms with Crippen LogP contribution in [0, 0.1) is 19.8 Å². The second kappa shape index (κ2) is 7.82. The van der Waals surface area contributed by atoms with Crippen LogP contribution in [0.1, 0.15) is 31.0 Å². The predicted molar refractivity (Wildman–Crippen MR) is 104 cm³/mol. The Bertz CT molecular complexity index is 919. The molecule has 0 spiro atoms. The lowest BCUT2D eigenvalue weighted by Gasteiger charge is -2.31. The molecule has 1 saturated heterocycles. The van der Waals surface area contributed by atoms with Crippen molar-refractivity contribution in [2.24, 2.45) is 5.92 Å². The second-order valence-electron chi connectivity index (χ2n) is 6.99. The standard InChI is InChI=1S/C19H26N4O3S/c1-4-23-18(12-15(3)21-23)20-19(24)16-6-5-11-22(13-16)27(25,26)17-9-7-14(2)8-10-17/h7-10,12,16H,4-6,11,13H2,1-3H3,(H,20,24). The minimum Gasteiger partial charge on any atom is -0.311 e. The fourth-order valence-corrected chi connectivity index (χ4v) is 4.87. The molecule has 0 aliphatic carbocycles. The lowest BCUT2D eigenvalue weighted by atomic mass is 9.99. The van der Waals surface area contributed by atoms with Gasteiger partial charge in [-0.15, -0.1) is 0 Å². The van der Waals surface area contributed by atoms with Gasteiger partial charge in [0.25, 0.3) is 0 Å². The van der Waals surface area contributed by atoms with Crippen LogP contribution < -0.4 is 5.32 Å². The van der Waals surface area contributed by atoms with Crippen LogP contribution in [0.15, 0.2) is 35.2 Å². The number of nitrogens with one attached hydrogen (secondary N) is 1. The van der Waals surface area contributed by atoms with Gasteiger partial charge in [-0.05, 0) is 45.7 Å². The third kappa shape index (κ3) is 4.22. The molecule has 1 aromatic heterocycles. The summed E-state index contributed by atoms with van der Waals surface area (Å²) in [5.74, 6) is 0.117. The second-order valence-corrected chi connectivity index (χ2v) is 8.93. The molecule has 1 amide bonds. The molecule has 27 heavy (non-hydrogen) atoms. The van der Waals surface area contributed by atoms with E-state index in [1.165, 1.54) is 4.31 Å². The number of amides is 1. The Morgan fingerprint density at radius 3 is 2.63 bits per heavy atom. The maximum Gasteiger partial charge on any atom is 0.243 e. The van der Waals surface area contributed by atoms with Crippen molar-refractivity contribution in [3.63, 3.8) is 0 Å². The van der Waals surface area contributed by atoms with Crippen molar-refractivity contribution < 1.29 is 13.2 Å². The average Bonchev–Trinajstić information content (AvgIpc) is 3.01. The summed E-state index contributed by atoms with van der Waals surface area (Å²) in [5, 5.41) is 7.24. The number of sulfonamides is 1. The molecule has 1 atom stereocenters. The first-order chi connectivity index (χ1) is 12.8. The van der Waals surface area contributed by atoms with Crippen LogP contribution in [0.2, 0.25) is 0 Å². The molecule has 0 radical (unpaired) electrons. The number of hydrogen-bond donors (Lipinski definition) is 1. The largest absolute Gasteiger partial charge is 0.311 e. The minimum atomic E-state index is -3.59. The van der Waals surface area contributed by atoms with Crippen LogP contribution in [0.4, 0.5) is 5.82 Å². The van der Waals surface area contributed by atoms with Gasteiger partial charge in [-0.3, -0.25) is 4.79 Å². The highest BCUT2D eigenvalue weighted by atomic mass is 32.2. The molecule has 1 aliphatic heterocycles. The zero-order valence-corrected chi connectivity index (χ0v) is 16.8. The van der Waals surface area contributed by atoms with Crippen molar-refractivity contribution in [3.8, 4) is 0 Å². The van der Waals surface area contributed by atoms with Gasteiger partial charge in [0.15, 0.2) is 0 Å². The van der Waals surface area contributed by atoms with Crippen molar-refractivity contribution in [1.82, 2.24) is 14.1 Å². The number of anilines is 1. The van der Waals surface area contributed by atoms with E-state index in [0.29, 0.717) is 31.7 Å². The van der Waals surface area contributed by atoms with E-state index in [9.17, 15) is 13.2 Å². The number of carbonyl (C=O) groups excluding carboxylic acids is 1. The van der Waals surface area contributed by atoms with Gasteiger partial charge in [0.2, 0.25) is 15.9 Å². The summed E-state index contributed by atoms with van der Waals surface area (Å²) in [4.78, 5) is 13.0. The van der Waals surface area contributed by atoms with Crippen LogP contribution in [-0.2, 0) is 21.4 Å². The maximum absolute atomic E-state index is 12.9. The zero-order valence-electron chi connectivity index (χ0n) is 16.0. The summed E-state index contributed by atoms with van der Waals surface area (Å²) in [6.07, 6.45) is 1.33. The molecule has 1 aromatic carbocycles. The summed E-state index contributed by atoms with van der Waals surface area (Å²) in [6, 6.07) is 8.64. The molecule has 2 aromatic rings. The van der Waals surface area contributed by atoms with E-state index >= 15 is 0 Å². The summed E-state index contributed by atoms with van der Waals surface area (Å²) in [5.41, 5.74) is 1.84. The molecule has 2 heterocycles. The van der Waals surface area contributed by atoms with Crippen LogP contribution in [0.3, 0.4) is 0 Å². The van der Waals surface area contributed by atoms with Gasteiger partial charge in [0.1, 0.15) is 5.82 Å². The van der Waals surface area contributed by atoms with E-state index < -0.39 is 10.0 Å². The van der Waals surface area contributed by atoms with E-state index in [0.717, 1.165) is 11.3 Å². The van der Waals surface area contributed by atoms with Gasteiger partial charge in [-0.2, -0.15) is 9.40 Å². The molecule has 0 saturated carbocycles. The first kappa shape index (κ1) is 19.6. The van der Waals surface area contributed by atoms with E-state index in [-0.39, 0.29) is 23.3 Å². The molecule has 8 heteroatoms. The lowest BCUT2D eigenvalue weighted by molar-refractivity contribution is -0.120. The van der Waals surface area contributed by atoms with Gasteiger partial charge in [-0.1, -0.05) is 17.7 Å². The number of nitrogens with zero attached hydrogens (tertiary/aromatic N) is 3. The highest BCUT2D eigenvalue weighted by molar-refractivity contribution is 7.89. The molecule has 1 N–H and O–H groups in total. The summed E-state index contributed by atoms with van der Waals surface area (Å²) in [7, 11) is -3.59. The Morgan fingerprint density at radius 1 is 1.26 bits per heavy atom. The Labute approximate surface area is 160 Å². The summed E-state index contributed by atoms with van der Waals surface area (Å²) in [6.45, 7) is 7.03. The molecule has 1 aliphatic rings. The number of rotatable bonds is 5. The first-order valence-corrected chi connectivity index (χ1v) is 10.7. The van der Waals surface area contributed by atoms with Crippen molar-refractivity contribution in [2.75, 3.05) is 18.4 Å². The number of carbonyl (C=O) groups is 1. The zero-order chi connectivity index (χ0) is 19.6. The van der Waals surface area contributed by atoms with E-state index in [1.807, 2.05) is 26.8 Å². The van der Waals surface area contributed by atoms with Crippen LogP contribution in [-0.4, -0.2) is 41.5 Å². The topological polar surface area (TPSA) is 84.3 Å². The monoisotopic (exact) mass is 390 g/mol. The van der Waals surface area contributed by atoms with Gasteiger partial charge in [0, 0.05) is 25.7 Å². The first-order valence-electron chi connectivity index (χ1n) is 9.23. The Hall–Kier alpha value is -2.19. The van der Waals surface area contributed by atoms with Gasteiger partial charge in [-0.25, -0.2) is 13.1 Å². The van der Waals surface area contributed by atoms with Crippen molar-refractivity contribution in [2.45, 2.75) is 45.1 Å². The molecule has 0 bridgehead atoms. The van der Waals surface area contributed by atoms with Crippen molar-refractivity contribution >= 4 is 21.7 Å². The number of aryl methyl sites for hydroxylation is 3. The highest BCUT2D eigenvalue weighted by Crippen LogP contribution is 2.25. The van der Waals surface area contributed by atoms with Crippen molar-refractivity contribution in [3.05, 3.63) is 41.6 Å². The summed E-state index contributed by atoms with van der Waals surface area (Å²) < 4.78 is 29.0. The Morgan fingerprint density at radius 2 is 1.96 bits per heavy atom.